The van der Waals surface area contributed by atoms with Gasteiger partial charge in [-0.1, -0.05) is 13.0 Å². The number of nitrogens with zero attached hydrogens (tertiary/aromatic N) is 2. The fraction of sp³-hybridized carbons (Fsp3) is 0.615. The van der Waals surface area contributed by atoms with Crippen molar-refractivity contribution in [3.05, 3.63) is 29.6 Å². The minimum atomic E-state index is 0.474. The van der Waals surface area contributed by atoms with Crippen molar-refractivity contribution in [2.75, 3.05) is 26.7 Å². The summed E-state index contributed by atoms with van der Waals surface area (Å²) in [6, 6.07) is 4.70. The van der Waals surface area contributed by atoms with Crippen LogP contribution in [0.3, 0.4) is 0 Å². The maximum Gasteiger partial charge on any atom is 0.0605 e. The molecule has 1 aliphatic carbocycles. The Morgan fingerprint density at radius 1 is 1.56 bits per heavy atom. The minimum absolute atomic E-state index is 0.474. The van der Waals surface area contributed by atoms with E-state index in [0.29, 0.717) is 6.04 Å². The zero-order valence-electron chi connectivity index (χ0n) is 10.2. The number of fused-ring (bicyclic) bond motifs is 1. The monoisotopic (exact) mass is 219 g/mol. The van der Waals surface area contributed by atoms with Gasteiger partial charge in [-0.25, -0.2) is 0 Å². The molecule has 0 saturated heterocycles. The Balaban J connectivity index is 1.84. The van der Waals surface area contributed by atoms with Gasteiger partial charge in [-0.2, -0.15) is 0 Å². The molecule has 0 fully saturated rings. The van der Waals surface area contributed by atoms with Crippen molar-refractivity contribution in [2.24, 2.45) is 0 Å². The summed E-state index contributed by atoms with van der Waals surface area (Å²) in [7, 11) is 2.16. The lowest BCUT2D eigenvalue weighted by molar-refractivity contribution is 0.338. The Morgan fingerprint density at radius 3 is 3.25 bits per heavy atom. The van der Waals surface area contributed by atoms with Gasteiger partial charge in [-0.05, 0) is 38.1 Å². The smallest absolute Gasteiger partial charge is 0.0605 e. The van der Waals surface area contributed by atoms with Crippen LogP contribution in [0.25, 0.3) is 0 Å². The number of likely N-dealkylation sites (N-methyl/N-ethyl adjacent to an activating group) is 1. The van der Waals surface area contributed by atoms with E-state index in [1.807, 2.05) is 12.3 Å². The van der Waals surface area contributed by atoms with Crippen LogP contribution in [0, 0.1) is 0 Å². The average Bonchev–Trinajstić information content (AvgIpc) is 2.73. The highest BCUT2D eigenvalue weighted by Gasteiger charge is 2.22. The van der Waals surface area contributed by atoms with E-state index >= 15 is 0 Å². The van der Waals surface area contributed by atoms with Gasteiger partial charge in [-0.15, -0.1) is 0 Å². The summed E-state index contributed by atoms with van der Waals surface area (Å²) in [4.78, 5) is 6.80. The van der Waals surface area contributed by atoms with Gasteiger partial charge < -0.3 is 10.2 Å². The Bertz CT molecular complexity index is 338. The second kappa shape index (κ2) is 5.41. The summed E-state index contributed by atoms with van der Waals surface area (Å²) in [5, 5.41) is 3.60. The normalized spacial score (nSPS) is 19.1. The van der Waals surface area contributed by atoms with Gasteiger partial charge in [-0.3, -0.25) is 4.98 Å². The third kappa shape index (κ3) is 2.60. The first-order chi connectivity index (χ1) is 7.81. The van der Waals surface area contributed by atoms with E-state index in [9.17, 15) is 0 Å². The number of rotatable bonds is 5. The van der Waals surface area contributed by atoms with Crippen molar-refractivity contribution in [3.8, 4) is 0 Å². The highest BCUT2D eigenvalue weighted by molar-refractivity contribution is 5.27. The lowest BCUT2D eigenvalue weighted by Crippen LogP contribution is -2.31. The van der Waals surface area contributed by atoms with Crippen molar-refractivity contribution < 1.29 is 0 Å². The van der Waals surface area contributed by atoms with Gasteiger partial charge in [0.05, 0.1) is 11.7 Å². The molecule has 88 valence electrons. The van der Waals surface area contributed by atoms with Gasteiger partial charge in [0.2, 0.25) is 0 Å². The highest BCUT2D eigenvalue weighted by Crippen LogP contribution is 2.28. The number of hydrogen-bond donors (Lipinski definition) is 1. The van der Waals surface area contributed by atoms with Crippen LogP contribution in [0.5, 0.6) is 0 Å². The Hall–Kier alpha value is -0.930. The maximum atomic E-state index is 4.48. The molecule has 1 N–H and O–H groups in total. The predicted octanol–water partition coefficient (Wildman–Crippen LogP) is 1.61. The van der Waals surface area contributed by atoms with Crippen molar-refractivity contribution in [3.63, 3.8) is 0 Å². The van der Waals surface area contributed by atoms with Crippen molar-refractivity contribution in [1.29, 1.82) is 0 Å². The first-order valence-corrected chi connectivity index (χ1v) is 6.17. The van der Waals surface area contributed by atoms with Crippen LogP contribution in [0.15, 0.2) is 18.3 Å². The second-order valence-corrected chi connectivity index (χ2v) is 4.49. The molecule has 3 nitrogen and oxygen atoms in total. The molecule has 0 bridgehead atoms. The van der Waals surface area contributed by atoms with E-state index in [2.05, 4.69) is 35.2 Å². The number of aromatic nitrogens is 1. The van der Waals surface area contributed by atoms with E-state index < -0.39 is 0 Å². The number of pyridine rings is 1. The molecule has 3 heteroatoms. The second-order valence-electron chi connectivity index (χ2n) is 4.49. The molecule has 2 rings (SSSR count). The van der Waals surface area contributed by atoms with Gasteiger partial charge >= 0.3 is 0 Å². The standard InChI is InChI=1S/C13H21N3/c1-3-16(2)10-9-14-12-7-6-11-5-4-8-15-13(11)12/h4-5,8,12,14H,3,6-7,9-10H2,1-2H3. The lowest BCUT2D eigenvalue weighted by Gasteiger charge is -2.17. The molecule has 1 aliphatic rings. The van der Waals surface area contributed by atoms with Crippen LogP contribution in [0.1, 0.15) is 30.6 Å². The highest BCUT2D eigenvalue weighted by atomic mass is 15.1. The zero-order valence-corrected chi connectivity index (χ0v) is 10.2. The molecular weight excluding hydrogens is 198 g/mol. The molecule has 0 radical (unpaired) electrons. The predicted molar refractivity (Wildman–Crippen MR) is 66.5 cm³/mol. The van der Waals surface area contributed by atoms with Gasteiger partial charge in [0.15, 0.2) is 0 Å². The molecule has 0 aliphatic heterocycles. The van der Waals surface area contributed by atoms with E-state index in [1.54, 1.807) is 0 Å². The van der Waals surface area contributed by atoms with Crippen LogP contribution in [-0.4, -0.2) is 36.6 Å². The number of hydrogen-bond acceptors (Lipinski definition) is 3. The van der Waals surface area contributed by atoms with Crippen LogP contribution < -0.4 is 5.32 Å². The van der Waals surface area contributed by atoms with Crippen molar-refractivity contribution in [1.82, 2.24) is 15.2 Å². The lowest BCUT2D eigenvalue weighted by atomic mass is 10.2. The fourth-order valence-electron chi connectivity index (χ4n) is 2.20. The van der Waals surface area contributed by atoms with E-state index in [1.165, 1.54) is 24.1 Å². The number of nitrogens with one attached hydrogen (secondary N) is 1. The van der Waals surface area contributed by atoms with Crippen LogP contribution in [0.2, 0.25) is 0 Å². The SMILES string of the molecule is CCN(C)CCNC1CCc2cccnc21. The minimum Gasteiger partial charge on any atom is -0.307 e. The van der Waals surface area contributed by atoms with Crippen molar-refractivity contribution >= 4 is 0 Å². The van der Waals surface area contributed by atoms with E-state index in [-0.39, 0.29) is 0 Å². The molecule has 0 aromatic carbocycles. The van der Waals surface area contributed by atoms with Crippen LogP contribution >= 0.6 is 0 Å². The van der Waals surface area contributed by atoms with Crippen LogP contribution in [-0.2, 0) is 6.42 Å². The van der Waals surface area contributed by atoms with Crippen LogP contribution in [0.4, 0.5) is 0 Å². The van der Waals surface area contributed by atoms with E-state index in [0.717, 1.165) is 19.6 Å². The third-order valence-corrected chi connectivity index (χ3v) is 3.38. The molecule has 0 amide bonds. The topological polar surface area (TPSA) is 28.2 Å². The average molecular weight is 219 g/mol. The Labute approximate surface area is 97.9 Å². The maximum absolute atomic E-state index is 4.48. The largest absolute Gasteiger partial charge is 0.307 e. The first kappa shape index (κ1) is 11.6. The summed E-state index contributed by atoms with van der Waals surface area (Å²) in [5.74, 6) is 0. The Kier molecular flexibility index (Phi) is 3.91. The molecule has 1 unspecified atom stereocenters. The first-order valence-electron chi connectivity index (χ1n) is 6.17. The zero-order chi connectivity index (χ0) is 11.4. The molecular formula is C13H21N3. The fourth-order valence-corrected chi connectivity index (χ4v) is 2.20. The molecule has 1 heterocycles. The molecule has 1 aromatic rings. The van der Waals surface area contributed by atoms with Gasteiger partial charge in [0.25, 0.3) is 0 Å². The van der Waals surface area contributed by atoms with Gasteiger partial charge in [0, 0.05) is 19.3 Å². The number of aryl methyl sites for hydroxylation is 1. The molecule has 1 atom stereocenters. The molecule has 16 heavy (non-hydrogen) atoms. The summed E-state index contributed by atoms with van der Waals surface area (Å²) in [6.07, 6.45) is 4.27. The molecule has 1 aromatic heterocycles. The van der Waals surface area contributed by atoms with Gasteiger partial charge in [0.1, 0.15) is 0 Å². The van der Waals surface area contributed by atoms with Crippen molar-refractivity contribution in [2.45, 2.75) is 25.8 Å². The summed E-state index contributed by atoms with van der Waals surface area (Å²) in [5.41, 5.74) is 2.69. The summed E-state index contributed by atoms with van der Waals surface area (Å²) < 4.78 is 0. The van der Waals surface area contributed by atoms with E-state index in [4.69, 9.17) is 0 Å². The summed E-state index contributed by atoms with van der Waals surface area (Å²) >= 11 is 0. The third-order valence-electron chi connectivity index (χ3n) is 3.38. The summed E-state index contributed by atoms with van der Waals surface area (Å²) in [6.45, 7) is 5.45. The molecule has 0 saturated carbocycles. The molecule has 0 spiro atoms. The Morgan fingerprint density at radius 2 is 2.44 bits per heavy atom. The quantitative estimate of drug-likeness (QED) is 0.815.